The van der Waals surface area contributed by atoms with Crippen LogP contribution in [0.25, 0.3) is 0 Å². The van der Waals surface area contributed by atoms with Gasteiger partial charge in [0.1, 0.15) is 11.4 Å². The molecule has 3 rings (SSSR count). The molecule has 6 heteroatoms. The molecule has 0 fully saturated rings. The molecule has 0 spiro atoms. The molecule has 132 valence electrons. The third-order valence-electron chi connectivity index (χ3n) is 3.85. The summed E-state index contributed by atoms with van der Waals surface area (Å²) in [6, 6.07) is 15.1. The minimum Gasteiger partial charge on any atom is -0.497 e. The predicted molar refractivity (Wildman–Crippen MR) is 100.0 cm³/mol. The molecule has 3 aromatic rings. The number of hydrogen-bond donors (Lipinski definition) is 2. The first-order valence-electron chi connectivity index (χ1n) is 8.24. The lowest BCUT2D eigenvalue weighted by molar-refractivity contribution is 0.0946. The van der Waals surface area contributed by atoms with E-state index in [0.717, 1.165) is 22.6 Å². The summed E-state index contributed by atoms with van der Waals surface area (Å²) in [6.07, 6.45) is 5.02. The number of hydrogen-bond acceptors (Lipinski definition) is 5. The van der Waals surface area contributed by atoms with Gasteiger partial charge in [-0.25, -0.2) is 0 Å². The van der Waals surface area contributed by atoms with Crippen LogP contribution in [0.5, 0.6) is 5.75 Å². The highest BCUT2D eigenvalue weighted by atomic mass is 16.5. The Morgan fingerprint density at radius 1 is 0.962 bits per heavy atom. The van der Waals surface area contributed by atoms with Gasteiger partial charge in [0.2, 0.25) is 0 Å². The maximum atomic E-state index is 12.3. The summed E-state index contributed by atoms with van der Waals surface area (Å²) in [5, 5.41) is 6.16. The fraction of sp³-hybridized carbons (Fsp3) is 0.150. The Labute approximate surface area is 152 Å². The molecule has 6 nitrogen and oxygen atoms in total. The lowest BCUT2D eigenvalue weighted by Gasteiger charge is -2.09. The van der Waals surface area contributed by atoms with Gasteiger partial charge in [0, 0.05) is 37.4 Å². The standard InChI is InChI=1S/C20H20N4O2/c1-26-18-4-2-15(3-5-18)13-23-17-8-11-22-19(12-17)20(25)24-14-16-6-9-21-10-7-16/h2-12H,13-14H2,1H3,(H,22,23)(H,24,25). The Kier molecular flexibility index (Phi) is 5.77. The van der Waals surface area contributed by atoms with Crippen LogP contribution < -0.4 is 15.4 Å². The number of rotatable bonds is 7. The second kappa shape index (κ2) is 8.62. The van der Waals surface area contributed by atoms with Crippen LogP contribution >= 0.6 is 0 Å². The molecule has 0 saturated heterocycles. The number of ether oxygens (including phenoxy) is 1. The van der Waals surface area contributed by atoms with Crippen molar-refractivity contribution in [1.29, 1.82) is 0 Å². The molecule has 1 amide bonds. The third-order valence-corrected chi connectivity index (χ3v) is 3.85. The molecule has 0 unspecified atom stereocenters. The number of anilines is 1. The van der Waals surface area contributed by atoms with Crippen LogP contribution in [0.2, 0.25) is 0 Å². The van der Waals surface area contributed by atoms with Crippen molar-refractivity contribution in [3.63, 3.8) is 0 Å². The number of methoxy groups -OCH3 is 1. The Hall–Kier alpha value is -3.41. The molecule has 0 bridgehead atoms. The number of aromatic nitrogens is 2. The summed E-state index contributed by atoms with van der Waals surface area (Å²) in [5.74, 6) is 0.612. The van der Waals surface area contributed by atoms with Crippen molar-refractivity contribution in [2.45, 2.75) is 13.1 Å². The normalized spacial score (nSPS) is 10.2. The summed E-state index contributed by atoms with van der Waals surface area (Å²) in [4.78, 5) is 20.4. The molecular formula is C20H20N4O2. The molecule has 0 aliphatic carbocycles. The van der Waals surface area contributed by atoms with E-state index in [1.54, 1.807) is 31.8 Å². The number of pyridine rings is 2. The summed E-state index contributed by atoms with van der Waals surface area (Å²) in [7, 11) is 1.64. The van der Waals surface area contributed by atoms with Gasteiger partial charge in [-0.05, 0) is 47.5 Å². The number of carbonyl (C=O) groups is 1. The van der Waals surface area contributed by atoms with Gasteiger partial charge in [0.05, 0.1) is 7.11 Å². The molecule has 2 heterocycles. The van der Waals surface area contributed by atoms with Crippen LogP contribution in [0.3, 0.4) is 0 Å². The van der Waals surface area contributed by atoms with E-state index in [1.165, 1.54) is 0 Å². The van der Waals surface area contributed by atoms with Gasteiger partial charge >= 0.3 is 0 Å². The predicted octanol–water partition coefficient (Wildman–Crippen LogP) is 3.03. The largest absolute Gasteiger partial charge is 0.497 e. The van der Waals surface area contributed by atoms with Gasteiger partial charge < -0.3 is 15.4 Å². The maximum Gasteiger partial charge on any atom is 0.270 e. The Morgan fingerprint density at radius 3 is 2.42 bits per heavy atom. The van der Waals surface area contributed by atoms with Crippen molar-refractivity contribution < 1.29 is 9.53 Å². The fourth-order valence-corrected chi connectivity index (χ4v) is 2.39. The minimum absolute atomic E-state index is 0.213. The van der Waals surface area contributed by atoms with Crippen molar-refractivity contribution in [2.75, 3.05) is 12.4 Å². The second-order valence-electron chi connectivity index (χ2n) is 5.67. The van der Waals surface area contributed by atoms with Gasteiger partial charge in [-0.3, -0.25) is 14.8 Å². The number of benzene rings is 1. The van der Waals surface area contributed by atoms with Crippen LogP contribution in [0.15, 0.2) is 67.1 Å². The van der Waals surface area contributed by atoms with Crippen molar-refractivity contribution in [1.82, 2.24) is 15.3 Å². The molecule has 2 N–H and O–H groups in total. The number of amides is 1. The third kappa shape index (κ3) is 4.80. The van der Waals surface area contributed by atoms with Gasteiger partial charge in [-0.1, -0.05) is 12.1 Å². The smallest absolute Gasteiger partial charge is 0.270 e. The Morgan fingerprint density at radius 2 is 1.69 bits per heavy atom. The molecule has 1 aromatic carbocycles. The molecule has 0 aliphatic rings. The van der Waals surface area contributed by atoms with Crippen LogP contribution in [0.4, 0.5) is 5.69 Å². The molecule has 0 radical (unpaired) electrons. The van der Waals surface area contributed by atoms with E-state index in [0.29, 0.717) is 18.8 Å². The maximum absolute atomic E-state index is 12.3. The highest BCUT2D eigenvalue weighted by Gasteiger charge is 2.08. The molecule has 2 aromatic heterocycles. The second-order valence-corrected chi connectivity index (χ2v) is 5.67. The lowest BCUT2D eigenvalue weighted by atomic mass is 10.2. The SMILES string of the molecule is COc1ccc(CNc2ccnc(C(=O)NCc3ccncc3)c2)cc1. The average Bonchev–Trinajstić information content (AvgIpc) is 2.72. The van der Waals surface area contributed by atoms with Crippen molar-refractivity contribution >= 4 is 11.6 Å². The van der Waals surface area contributed by atoms with Gasteiger partial charge in [0.15, 0.2) is 0 Å². The van der Waals surface area contributed by atoms with Gasteiger partial charge in [-0.15, -0.1) is 0 Å². The van der Waals surface area contributed by atoms with Gasteiger partial charge in [0.25, 0.3) is 5.91 Å². The topological polar surface area (TPSA) is 76.1 Å². The van der Waals surface area contributed by atoms with E-state index < -0.39 is 0 Å². The summed E-state index contributed by atoms with van der Waals surface area (Å²) < 4.78 is 5.15. The molecule has 26 heavy (non-hydrogen) atoms. The van der Waals surface area contributed by atoms with E-state index in [1.807, 2.05) is 42.5 Å². The molecule has 0 aliphatic heterocycles. The van der Waals surface area contributed by atoms with Crippen LogP contribution in [-0.4, -0.2) is 23.0 Å². The highest BCUT2D eigenvalue weighted by Crippen LogP contribution is 2.14. The molecule has 0 atom stereocenters. The van der Waals surface area contributed by atoms with Crippen LogP contribution in [0.1, 0.15) is 21.6 Å². The number of nitrogens with zero attached hydrogens (tertiary/aromatic N) is 2. The van der Waals surface area contributed by atoms with Crippen molar-refractivity contribution in [3.8, 4) is 5.75 Å². The molecular weight excluding hydrogens is 328 g/mol. The Bertz CT molecular complexity index is 851. The average molecular weight is 348 g/mol. The zero-order chi connectivity index (χ0) is 18.2. The number of nitrogens with one attached hydrogen (secondary N) is 2. The van der Waals surface area contributed by atoms with E-state index in [9.17, 15) is 4.79 Å². The molecule has 0 saturated carbocycles. The zero-order valence-corrected chi connectivity index (χ0v) is 14.5. The van der Waals surface area contributed by atoms with E-state index in [4.69, 9.17) is 4.74 Å². The quantitative estimate of drug-likeness (QED) is 0.686. The monoisotopic (exact) mass is 348 g/mol. The lowest BCUT2D eigenvalue weighted by Crippen LogP contribution is -2.23. The summed E-state index contributed by atoms with van der Waals surface area (Å²) >= 11 is 0. The van der Waals surface area contributed by atoms with Crippen LogP contribution in [-0.2, 0) is 13.1 Å². The minimum atomic E-state index is -0.213. The highest BCUT2D eigenvalue weighted by molar-refractivity contribution is 5.93. The first-order valence-corrected chi connectivity index (χ1v) is 8.24. The van der Waals surface area contributed by atoms with E-state index >= 15 is 0 Å². The van der Waals surface area contributed by atoms with Crippen molar-refractivity contribution in [2.24, 2.45) is 0 Å². The van der Waals surface area contributed by atoms with Crippen molar-refractivity contribution in [3.05, 3.63) is 83.9 Å². The summed E-state index contributed by atoms with van der Waals surface area (Å²) in [6.45, 7) is 1.08. The number of carbonyl (C=O) groups excluding carboxylic acids is 1. The van der Waals surface area contributed by atoms with E-state index in [-0.39, 0.29) is 5.91 Å². The summed E-state index contributed by atoms with van der Waals surface area (Å²) in [5.41, 5.74) is 3.32. The zero-order valence-electron chi connectivity index (χ0n) is 14.5. The Balaban J connectivity index is 1.57. The first kappa shape index (κ1) is 17.4. The first-order chi connectivity index (χ1) is 12.7. The van der Waals surface area contributed by atoms with Crippen LogP contribution in [0, 0.1) is 0 Å². The van der Waals surface area contributed by atoms with Gasteiger partial charge in [-0.2, -0.15) is 0 Å². The van der Waals surface area contributed by atoms with E-state index in [2.05, 4.69) is 20.6 Å². The fourth-order valence-electron chi connectivity index (χ4n) is 2.39.